The molecule has 0 bridgehead atoms. The van der Waals surface area contributed by atoms with E-state index in [1.165, 1.54) is 24.3 Å². The predicted octanol–water partition coefficient (Wildman–Crippen LogP) is 5.83. The van der Waals surface area contributed by atoms with Crippen LogP contribution in [0.25, 0.3) is 0 Å². The van der Waals surface area contributed by atoms with Crippen LogP contribution < -0.4 is 10.1 Å². The van der Waals surface area contributed by atoms with Gasteiger partial charge in [0.15, 0.2) is 0 Å². The number of nitrogens with one attached hydrogen (secondary N) is 1. The van der Waals surface area contributed by atoms with E-state index >= 15 is 0 Å². The van der Waals surface area contributed by atoms with Gasteiger partial charge in [0.1, 0.15) is 23.0 Å². The predicted molar refractivity (Wildman–Crippen MR) is 117 cm³/mol. The standard InChI is InChI=1S/C13H11NO3.C12H10O/c15-10-7-5-9(6-8-10)14-13(17)11-3-1-2-4-12(11)16;1-3-7-11(8-4-1)13-12-9-5-2-6-10-12/h1-8,15-16H,(H,14,17);1-10H. The van der Waals surface area contributed by atoms with Crippen LogP contribution in [0.15, 0.2) is 109 Å². The van der Waals surface area contributed by atoms with E-state index in [2.05, 4.69) is 5.32 Å². The number of carbonyl (C=O) groups is 1. The van der Waals surface area contributed by atoms with Gasteiger partial charge in [-0.3, -0.25) is 4.79 Å². The summed E-state index contributed by atoms with van der Waals surface area (Å²) in [6.45, 7) is 0. The summed E-state index contributed by atoms with van der Waals surface area (Å²) < 4.78 is 5.58. The van der Waals surface area contributed by atoms with Crippen LogP contribution in [0.1, 0.15) is 10.4 Å². The van der Waals surface area contributed by atoms with Gasteiger partial charge in [-0.25, -0.2) is 0 Å². The van der Waals surface area contributed by atoms with Crippen molar-refractivity contribution in [3.8, 4) is 23.0 Å². The molecule has 0 fully saturated rings. The molecular weight excluding hydrogens is 378 g/mol. The Morgan fingerprint density at radius 3 is 1.67 bits per heavy atom. The zero-order chi connectivity index (χ0) is 21.2. The highest BCUT2D eigenvalue weighted by Crippen LogP contribution is 2.20. The molecule has 0 saturated heterocycles. The molecule has 0 radical (unpaired) electrons. The smallest absolute Gasteiger partial charge is 0.259 e. The Kier molecular flexibility index (Phi) is 7.06. The van der Waals surface area contributed by atoms with Crippen LogP contribution in [0.4, 0.5) is 5.69 Å². The lowest BCUT2D eigenvalue weighted by atomic mass is 10.2. The zero-order valence-electron chi connectivity index (χ0n) is 16.1. The van der Waals surface area contributed by atoms with Crippen molar-refractivity contribution >= 4 is 11.6 Å². The normalized spacial score (nSPS) is 9.73. The van der Waals surface area contributed by atoms with Gasteiger partial charge in [0, 0.05) is 5.69 Å². The van der Waals surface area contributed by atoms with Gasteiger partial charge in [0.2, 0.25) is 0 Å². The Balaban J connectivity index is 0.000000177. The van der Waals surface area contributed by atoms with Gasteiger partial charge in [-0.1, -0.05) is 48.5 Å². The Morgan fingerprint density at radius 1 is 0.633 bits per heavy atom. The molecule has 4 aromatic rings. The molecule has 0 spiro atoms. The minimum Gasteiger partial charge on any atom is -0.508 e. The van der Waals surface area contributed by atoms with Gasteiger partial charge in [-0.15, -0.1) is 0 Å². The molecule has 0 aliphatic heterocycles. The van der Waals surface area contributed by atoms with E-state index in [4.69, 9.17) is 9.84 Å². The number of phenolic OH excluding ortho intramolecular Hbond substituents is 2. The lowest BCUT2D eigenvalue weighted by molar-refractivity contribution is 0.102. The molecule has 30 heavy (non-hydrogen) atoms. The van der Waals surface area contributed by atoms with E-state index in [9.17, 15) is 9.90 Å². The van der Waals surface area contributed by atoms with E-state index < -0.39 is 5.91 Å². The number of benzene rings is 4. The van der Waals surface area contributed by atoms with Crippen molar-refractivity contribution in [2.75, 3.05) is 5.32 Å². The second kappa shape index (κ2) is 10.3. The van der Waals surface area contributed by atoms with Crippen molar-refractivity contribution in [1.82, 2.24) is 0 Å². The number of aromatic hydroxyl groups is 2. The van der Waals surface area contributed by atoms with Crippen LogP contribution in [0, 0.1) is 0 Å². The van der Waals surface area contributed by atoms with Crippen LogP contribution in [-0.4, -0.2) is 16.1 Å². The molecule has 3 N–H and O–H groups in total. The van der Waals surface area contributed by atoms with E-state index in [1.807, 2.05) is 60.7 Å². The highest BCUT2D eigenvalue weighted by Gasteiger charge is 2.09. The molecule has 0 heterocycles. The lowest BCUT2D eigenvalue weighted by Crippen LogP contribution is -2.11. The van der Waals surface area contributed by atoms with Crippen LogP contribution in [0.3, 0.4) is 0 Å². The fourth-order valence-electron chi connectivity index (χ4n) is 2.52. The summed E-state index contributed by atoms with van der Waals surface area (Å²) in [4.78, 5) is 11.8. The number of amides is 1. The van der Waals surface area contributed by atoms with Crippen molar-refractivity contribution in [2.24, 2.45) is 0 Å². The average molecular weight is 399 g/mol. The Labute approximate surface area is 174 Å². The van der Waals surface area contributed by atoms with Crippen molar-refractivity contribution in [3.63, 3.8) is 0 Å². The van der Waals surface area contributed by atoms with Crippen LogP contribution in [0.5, 0.6) is 23.0 Å². The molecule has 0 unspecified atom stereocenters. The topological polar surface area (TPSA) is 78.8 Å². The Morgan fingerprint density at radius 2 is 1.13 bits per heavy atom. The van der Waals surface area contributed by atoms with Gasteiger partial charge >= 0.3 is 0 Å². The van der Waals surface area contributed by atoms with Crippen LogP contribution >= 0.6 is 0 Å². The first-order valence-corrected chi connectivity index (χ1v) is 9.28. The number of carbonyl (C=O) groups excluding carboxylic acids is 1. The second-order valence-electron chi connectivity index (χ2n) is 6.25. The van der Waals surface area contributed by atoms with Gasteiger partial charge < -0.3 is 20.3 Å². The Bertz CT molecular complexity index is 1030. The molecule has 5 heteroatoms. The highest BCUT2D eigenvalue weighted by molar-refractivity contribution is 6.06. The van der Waals surface area contributed by atoms with Crippen molar-refractivity contribution in [1.29, 1.82) is 0 Å². The van der Waals surface area contributed by atoms with E-state index in [0.29, 0.717) is 5.69 Å². The monoisotopic (exact) mass is 399 g/mol. The van der Waals surface area contributed by atoms with Gasteiger partial charge in [-0.2, -0.15) is 0 Å². The second-order valence-corrected chi connectivity index (χ2v) is 6.25. The first kappa shape index (κ1) is 20.5. The van der Waals surface area contributed by atoms with Crippen LogP contribution in [-0.2, 0) is 0 Å². The summed E-state index contributed by atoms with van der Waals surface area (Å²) in [5.41, 5.74) is 0.761. The van der Waals surface area contributed by atoms with Crippen molar-refractivity contribution < 1.29 is 19.7 Å². The lowest BCUT2D eigenvalue weighted by Gasteiger charge is -2.06. The van der Waals surface area contributed by atoms with Crippen molar-refractivity contribution in [2.45, 2.75) is 0 Å². The first-order valence-electron chi connectivity index (χ1n) is 9.28. The van der Waals surface area contributed by atoms with Gasteiger partial charge in [-0.05, 0) is 60.7 Å². The summed E-state index contributed by atoms with van der Waals surface area (Å²) >= 11 is 0. The first-order chi connectivity index (χ1) is 14.6. The molecule has 4 rings (SSSR count). The van der Waals surface area contributed by atoms with E-state index in [-0.39, 0.29) is 17.1 Å². The zero-order valence-corrected chi connectivity index (χ0v) is 16.1. The summed E-state index contributed by atoms with van der Waals surface area (Å²) in [5.74, 6) is 1.41. The number of anilines is 1. The quantitative estimate of drug-likeness (QED) is 0.377. The average Bonchev–Trinajstić information content (AvgIpc) is 2.77. The number of rotatable bonds is 4. The minimum absolute atomic E-state index is 0.0659. The Hall–Kier alpha value is -4.25. The fraction of sp³-hybridized carbons (Fsp3) is 0. The molecule has 0 aromatic heterocycles. The number of hydrogen-bond donors (Lipinski definition) is 3. The highest BCUT2D eigenvalue weighted by atomic mass is 16.5. The molecular formula is C25H21NO4. The number of para-hydroxylation sites is 3. The molecule has 4 aromatic carbocycles. The number of ether oxygens (including phenoxy) is 1. The maximum Gasteiger partial charge on any atom is 0.259 e. The molecule has 0 aliphatic rings. The molecule has 0 saturated carbocycles. The molecule has 150 valence electrons. The number of phenols is 2. The summed E-state index contributed by atoms with van der Waals surface area (Å²) in [6, 6.07) is 31.9. The van der Waals surface area contributed by atoms with Crippen LogP contribution in [0.2, 0.25) is 0 Å². The largest absolute Gasteiger partial charge is 0.508 e. The minimum atomic E-state index is -0.395. The summed E-state index contributed by atoms with van der Waals surface area (Å²) in [6.07, 6.45) is 0. The van der Waals surface area contributed by atoms with E-state index in [0.717, 1.165) is 11.5 Å². The maximum atomic E-state index is 11.8. The molecule has 0 atom stereocenters. The molecule has 0 aliphatic carbocycles. The van der Waals surface area contributed by atoms with Gasteiger partial charge in [0.25, 0.3) is 5.91 Å². The van der Waals surface area contributed by atoms with E-state index in [1.54, 1.807) is 24.3 Å². The SMILES string of the molecule is O=C(Nc1ccc(O)cc1)c1ccccc1O.c1ccc(Oc2ccccc2)cc1. The summed E-state index contributed by atoms with van der Waals surface area (Å²) in [7, 11) is 0. The number of hydrogen-bond acceptors (Lipinski definition) is 4. The molecule has 1 amide bonds. The van der Waals surface area contributed by atoms with Crippen molar-refractivity contribution in [3.05, 3.63) is 115 Å². The third-order valence-corrected chi connectivity index (χ3v) is 4.00. The fourth-order valence-corrected chi connectivity index (χ4v) is 2.52. The molecule has 5 nitrogen and oxygen atoms in total. The maximum absolute atomic E-state index is 11.8. The summed E-state index contributed by atoms with van der Waals surface area (Å²) in [5, 5.41) is 21.2. The van der Waals surface area contributed by atoms with Gasteiger partial charge in [0.05, 0.1) is 5.56 Å². The third-order valence-electron chi connectivity index (χ3n) is 4.00. The third kappa shape index (κ3) is 6.14.